The Hall–Kier alpha value is -6.21. The molecule has 8 aromatic rings. The van der Waals surface area contributed by atoms with Crippen LogP contribution in [-0.2, 0) is 0 Å². The molecule has 0 saturated heterocycles. The van der Waals surface area contributed by atoms with E-state index in [0.717, 1.165) is 56.2 Å². The Balaban J connectivity index is 1.27. The van der Waals surface area contributed by atoms with E-state index in [9.17, 15) is 0 Å². The van der Waals surface area contributed by atoms with E-state index in [1.54, 1.807) is 6.20 Å². The first-order valence-corrected chi connectivity index (χ1v) is 14.8. The number of pyridine rings is 2. The van der Waals surface area contributed by atoms with Gasteiger partial charge in [0.15, 0.2) is 11.6 Å². The molecule has 0 aliphatic rings. The van der Waals surface area contributed by atoms with Crippen LogP contribution in [0.4, 0.5) is 17.2 Å². The van der Waals surface area contributed by atoms with Gasteiger partial charge in [0.1, 0.15) is 17.3 Å². The Morgan fingerprint density at radius 3 is 2.07 bits per heavy atom. The molecule has 7 nitrogen and oxygen atoms in total. The highest BCUT2D eigenvalue weighted by atomic mass is 16.5. The largest absolute Gasteiger partial charge is 0.455 e. The molecule has 0 aliphatic heterocycles. The van der Waals surface area contributed by atoms with Crippen LogP contribution in [0.3, 0.4) is 0 Å². The van der Waals surface area contributed by atoms with E-state index in [4.69, 9.17) is 9.72 Å². The van der Waals surface area contributed by atoms with Crippen LogP contribution < -0.4 is 9.64 Å². The van der Waals surface area contributed by atoms with Gasteiger partial charge in [0.25, 0.3) is 0 Å². The lowest BCUT2D eigenvalue weighted by molar-refractivity contribution is 0.476. The molecule has 4 aromatic heterocycles. The predicted octanol–water partition coefficient (Wildman–Crippen LogP) is 9.33. The van der Waals surface area contributed by atoms with Gasteiger partial charge in [-0.25, -0.2) is 14.6 Å². The van der Waals surface area contributed by atoms with E-state index >= 15 is 0 Å². The van der Waals surface area contributed by atoms with Crippen LogP contribution in [0.15, 0.2) is 152 Å². The summed E-state index contributed by atoms with van der Waals surface area (Å²) in [7, 11) is 0. The zero-order valence-corrected chi connectivity index (χ0v) is 24.5. The first-order chi connectivity index (χ1) is 22.2. The molecule has 0 unspecified atom stereocenters. The molecule has 0 radical (unpaired) electrons. The molecule has 0 N–H and O–H groups in total. The lowest BCUT2D eigenvalue weighted by Crippen LogP contribution is -2.16. The summed E-state index contributed by atoms with van der Waals surface area (Å²) in [5.41, 5.74) is 5.63. The third kappa shape index (κ3) is 4.77. The molecular weight excluding hydrogens is 556 g/mol. The van der Waals surface area contributed by atoms with Gasteiger partial charge in [0.2, 0.25) is 0 Å². The van der Waals surface area contributed by atoms with E-state index in [2.05, 4.69) is 80.2 Å². The molecule has 0 fully saturated rings. The summed E-state index contributed by atoms with van der Waals surface area (Å²) >= 11 is 0. The van der Waals surface area contributed by atoms with Crippen molar-refractivity contribution < 1.29 is 4.74 Å². The number of rotatable bonds is 7. The Morgan fingerprint density at radius 2 is 1.36 bits per heavy atom. The zero-order valence-electron chi connectivity index (χ0n) is 24.5. The number of aromatic nitrogens is 5. The summed E-state index contributed by atoms with van der Waals surface area (Å²) in [6.45, 7) is 1.98. The van der Waals surface area contributed by atoms with Crippen molar-refractivity contribution in [3.05, 3.63) is 158 Å². The predicted molar refractivity (Wildman–Crippen MR) is 179 cm³/mol. The summed E-state index contributed by atoms with van der Waals surface area (Å²) < 4.78 is 10.6. The topological polar surface area (TPSA) is 61.0 Å². The summed E-state index contributed by atoms with van der Waals surface area (Å²) in [6, 6.07) is 44.9. The van der Waals surface area contributed by atoms with Crippen molar-refractivity contribution in [1.82, 2.24) is 24.3 Å². The highest BCUT2D eigenvalue weighted by Crippen LogP contribution is 2.40. The van der Waals surface area contributed by atoms with E-state index in [0.29, 0.717) is 11.5 Å². The van der Waals surface area contributed by atoms with Crippen molar-refractivity contribution in [2.45, 2.75) is 6.92 Å². The van der Waals surface area contributed by atoms with Gasteiger partial charge in [-0.1, -0.05) is 60.7 Å². The molecule has 0 amide bonds. The van der Waals surface area contributed by atoms with Gasteiger partial charge in [-0.05, 0) is 67.6 Å². The van der Waals surface area contributed by atoms with Crippen LogP contribution in [0.5, 0.6) is 11.5 Å². The van der Waals surface area contributed by atoms with Crippen molar-refractivity contribution in [2.75, 3.05) is 4.90 Å². The monoisotopic (exact) mass is 584 g/mol. The summed E-state index contributed by atoms with van der Waals surface area (Å²) in [6.07, 6.45) is 5.51. The van der Waals surface area contributed by atoms with Crippen LogP contribution in [0, 0.1) is 6.92 Å². The number of aryl methyl sites for hydroxylation is 1. The molecule has 0 spiro atoms. The zero-order chi connectivity index (χ0) is 30.2. The van der Waals surface area contributed by atoms with E-state index in [1.165, 1.54) is 0 Å². The van der Waals surface area contributed by atoms with Gasteiger partial charge in [-0.3, -0.25) is 9.47 Å². The van der Waals surface area contributed by atoms with Crippen molar-refractivity contribution in [1.29, 1.82) is 0 Å². The fourth-order valence-electron chi connectivity index (χ4n) is 5.83. The molecular formula is C38H28N6O. The Kier molecular flexibility index (Phi) is 6.53. The van der Waals surface area contributed by atoms with Crippen LogP contribution in [0.1, 0.15) is 5.69 Å². The molecule has 0 saturated carbocycles. The highest BCUT2D eigenvalue weighted by molar-refractivity contribution is 6.09. The molecule has 4 aromatic carbocycles. The van der Waals surface area contributed by atoms with Crippen molar-refractivity contribution >= 4 is 39.0 Å². The number of anilines is 3. The number of nitrogens with zero attached hydrogens (tertiary/aromatic N) is 6. The first-order valence-electron chi connectivity index (χ1n) is 14.8. The molecule has 45 heavy (non-hydrogen) atoms. The second-order valence-corrected chi connectivity index (χ2v) is 10.7. The SMILES string of the molecule is Cc1nc(N(c2ccccc2)c2ccccc2)c(-n2cccn2)cc1Oc1ccc2c3ccccc3n(-c3ccccn3)c2c1. The lowest BCUT2D eigenvalue weighted by atomic mass is 10.1. The standard InChI is InChI=1S/C38H28N6O/c1-27-36(45-30-20-21-32-31-17-8-9-18-33(31)44(34(32)25-30)37-19-10-11-22-39-37)26-35(42-24-12-23-40-42)38(41-27)43(28-13-4-2-5-14-28)29-15-6-3-7-16-29/h2-26H,1H3. The van der Waals surface area contributed by atoms with E-state index < -0.39 is 0 Å². The lowest BCUT2D eigenvalue weighted by Gasteiger charge is -2.27. The fraction of sp³-hybridized carbons (Fsp3) is 0.0263. The van der Waals surface area contributed by atoms with Crippen LogP contribution in [0.2, 0.25) is 0 Å². The van der Waals surface area contributed by atoms with E-state index in [-0.39, 0.29) is 0 Å². The summed E-state index contributed by atoms with van der Waals surface area (Å²) in [4.78, 5) is 12.0. The van der Waals surface area contributed by atoms with Crippen LogP contribution in [-0.4, -0.2) is 24.3 Å². The maximum absolute atomic E-state index is 6.63. The van der Waals surface area contributed by atoms with Gasteiger partial charge in [-0.15, -0.1) is 0 Å². The van der Waals surface area contributed by atoms with Crippen molar-refractivity contribution in [2.24, 2.45) is 0 Å². The highest BCUT2D eigenvalue weighted by Gasteiger charge is 2.22. The van der Waals surface area contributed by atoms with Gasteiger partial charge in [0.05, 0.1) is 16.7 Å². The molecule has 0 atom stereocenters. The van der Waals surface area contributed by atoms with Crippen molar-refractivity contribution in [3.63, 3.8) is 0 Å². The van der Waals surface area contributed by atoms with Gasteiger partial charge in [0, 0.05) is 52.9 Å². The minimum Gasteiger partial charge on any atom is -0.455 e. The minimum atomic E-state index is 0.644. The maximum atomic E-state index is 6.63. The second kappa shape index (κ2) is 11.1. The number of para-hydroxylation sites is 3. The average molecular weight is 585 g/mol. The molecule has 0 aliphatic carbocycles. The third-order valence-corrected chi connectivity index (χ3v) is 7.87. The number of hydrogen-bond acceptors (Lipinski definition) is 5. The van der Waals surface area contributed by atoms with Gasteiger partial charge >= 0.3 is 0 Å². The number of ether oxygens (including phenoxy) is 1. The quantitative estimate of drug-likeness (QED) is 0.187. The van der Waals surface area contributed by atoms with Crippen LogP contribution in [0.25, 0.3) is 33.3 Å². The Morgan fingerprint density at radius 1 is 0.644 bits per heavy atom. The maximum Gasteiger partial charge on any atom is 0.164 e. The number of hydrogen-bond donors (Lipinski definition) is 0. The van der Waals surface area contributed by atoms with Crippen molar-refractivity contribution in [3.8, 4) is 23.0 Å². The van der Waals surface area contributed by atoms with E-state index in [1.807, 2.05) is 96.8 Å². The molecule has 0 bridgehead atoms. The average Bonchev–Trinajstić information content (AvgIpc) is 3.74. The Bertz CT molecular complexity index is 2210. The number of benzene rings is 4. The summed E-state index contributed by atoms with van der Waals surface area (Å²) in [5, 5.41) is 6.88. The fourth-order valence-corrected chi connectivity index (χ4v) is 5.83. The van der Waals surface area contributed by atoms with Crippen LogP contribution >= 0.6 is 0 Å². The first kappa shape index (κ1) is 26.4. The molecule has 8 rings (SSSR count). The molecule has 216 valence electrons. The number of fused-ring (bicyclic) bond motifs is 3. The minimum absolute atomic E-state index is 0.644. The van der Waals surface area contributed by atoms with Gasteiger partial charge < -0.3 is 4.74 Å². The Labute approximate surface area is 260 Å². The smallest absolute Gasteiger partial charge is 0.164 e. The second-order valence-electron chi connectivity index (χ2n) is 10.7. The molecule has 4 heterocycles. The third-order valence-electron chi connectivity index (χ3n) is 7.87. The van der Waals surface area contributed by atoms with Gasteiger partial charge in [-0.2, -0.15) is 5.10 Å². The normalized spacial score (nSPS) is 11.2. The summed E-state index contributed by atoms with van der Waals surface area (Å²) in [5.74, 6) is 2.94. The molecule has 7 heteroatoms.